The molecule has 0 N–H and O–H groups in total. The summed E-state index contributed by atoms with van der Waals surface area (Å²) in [6.07, 6.45) is 3.32. The lowest BCUT2D eigenvalue weighted by Gasteiger charge is -2.28. The minimum atomic E-state index is -3.87. The van der Waals surface area contributed by atoms with Crippen LogP contribution in [0.25, 0.3) is 0 Å². The Labute approximate surface area is 171 Å². The molecule has 0 amide bonds. The molecule has 0 saturated carbocycles. The second kappa shape index (κ2) is 7.68. The molecule has 0 radical (unpaired) electrons. The Hall–Kier alpha value is -3.18. The van der Waals surface area contributed by atoms with Crippen LogP contribution in [0.4, 0.5) is 0 Å². The summed E-state index contributed by atoms with van der Waals surface area (Å²) in [4.78, 5) is 13.6. The number of hydrogen-bond donors (Lipinski definition) is 0. The Morgan fingerprint density at radius 3 is 2.03 bits per heavy atom. The number of sulfonamides is 1. The lowest BCUT2D eigenvalue weighted by atomic mass is 9.88. The summed E-state index contributed by atoms with van der Waals surface area (Å²) in [5, 5.41) is 0. The van der Waals surface area contributed by atoms with Crippen molar-refractivity contribution < 1.29 is 13.2 Å². The van der Waals surface area contributed by atoms with Gasteiger partial charge in [-0.15, -0.1) is 0 Å². The number of rotatable bonds is 5. The molecule has 1 aliphatic rings. The van der Waals surface area contributed by atoms with E-state index in [1.54, 1.807) is 54.6 Å². The summed E-state index contributed by atoms with van der Waals surface area (Å²) >= 11 is 0. The van der Waals surface area contributed by atoms with Crippen molar-refractivity contribution in [1.82, 2.24) is 4.31 Å². The summed E-state index contributed by atoms with van der Waals surface area (Å²) in [5.74, 6) is -0.579. The van der Waals surface area contributed by atoms with E-state index in [9.17, 15) is 13.2 Å². The van der Waals surface area contributed by atoms with Gasteiger partial charge in [0.2, 0.25) is 0 Å². The molecule has 0 bridgehead atoms. The first kappa shape index (κ1) is 19.2. The molecule has 5 heteroatoms. The zero-order chi connectivity index (χ0) is 20.4. The molecule has 0 aliphatic carbocycles. The van der Waals surface area contributed by atoms with Gasteiger partial charge in [-0.25, -0.2) is 8.42 Å². The molecule has 0 fully saturated rings. The van der Waals surface area contributed by atoms with E-state index in [1.807, 2.05) is 43.3 Å². The monoisotopic (exact) mass is 403 g/mol. The quantitative estimate of drug-likeness (QED) is 0.588. The van der Waals surface area contributed by atoms with Gasteiger partial charge < -0.3 is 0 Å². The predicted molar refractivity (Wildman–Crippen MR) is 113 cm³/mol. The van der Waals surface area contributed by atoms with E-state index < -0.39 is 16.1 Å². The molecule has 4 rings (SSSR count). The van der Waals surface area contributed by atoms with Gasteiger partial charge in [0.05, 0.1) is 4.90 Å². The first-order valence-corrected chi connectivity index (χ1v) is 10.9. The van der Waals surface area contributed by atoms with E-state index in [0.717, 1.165) is 11.1 Å². The van der Waals surface area contributed by atoms with Crippen molar-refractivity contribution in [1.29, 1.82) is 0 Å². The average Bonchev–Trinajstić information content (AvgIpc) is 3.21. The number of Topliss-reactive ketones (excluding diaryl/α,β-unsaturated/α-hetero) is 1. The molecule has 0 unspecified atom stereocenters. The van der Waals surface area contributed by atoms with Crippen LogP contribution in [-0.2, 0) is 10.0 Å². The van der Waals surface area contributed by atoms with Crippen molar-refractivity contribution >= 4 is 15.8 Å². The minimum absolute atomic E-state index is 0.173. The van der Waals surface area contributed by atoms with Crippen molar-refractivity contribution in [2.45, 2.75) is 23.8 Å². The average molecular weight is 404 g/mol. The summed E-state index contributed by atoms with van der Waals surface area (Å²) < 4.78 is 28.0. The van der Waals surface area contributed by atoms with E-state index >= 15 is 0 Å². The molecule has 3 aromatic rings. The maximum Gasteiger partial charge on any atom is 0.264 e. The normalized spacial score (nSPS) is 18.7. The number of ketones is 1. The van der Waals surface area contributed by atoms with Gasteiger partial charge in [-0.3, -0.25) is 9.10 Å². The van der Waals surface area contributed by atoms with Gasteiger partial charge in [0.25, 0.3) is 10.0 Å². The highest BCUT2D eigenvalue weighted by Gasteiger charge is 2.42. The maximum absolute atomic E-state index is 13.4. The molecular weight excluding hydrogens is 382 g/mol. The van der Waals surface area contributed by atoms with Gasteiger partial charge in [-0.1, -0.05) is 84.4 Å². The van der Waals surface area contributed by atoms with E-state index in [4.69, 9.17) is 0 Å². The summed E-state index contributed by atoms with van der Waals surface area (Å²) in [7, 11) is -3.87. The molecule has 1 aliphatic heterocycles. The summed E-state index contributed by atoms with van der Waals surface area (Å²) in [6.45, 7) is 1.90. The topological polar surface area (TPSA) is 54.5 Å². The summed E-state index contributed by atoms with van der Waals surface area (Å²) in [6, 6.07) is 24.2. The van der Waals surface area contributed by atoms with Crippen LogP contribution in [0.1, 0.15) is 27.4 Å². The van der Waals surface area contributed by atoms with Gasteiger partial charge in [0.1, 0.15) is 6.04 Å². The third-order valence-corrected chi connectivity index (χ3v) is 6.93. The Morgan fingerprint density at radius 1 is 0.828 bits per heavy atom. The van der Waals surface area contributed by atoms with Crippen LogP contribution in [0.15, 0.2) is 102 Å². The van der Waals surface area contributed by atoms with E-state index in [1.165, 1.54) is 10.5 Å². The molecule has 29 heavy (non-hydrogen) atoms. The molecule has 3 aromatic carbocycles. The van der Waals surface area contributed by atoms with Crippen LogP contribution in [0.3, 0.4) is 0 Å². The lowest BCUT2D eigenvalue weighted by Crippen LogP contribution is -2.41. The highest BCUT2D eigenvalue weighted by atomic mass is 32.2. The zero-order valence-corrected chi connectivity index (χ0v) is 16.8. The standard InChI is InChI=1S/C24H21NO3S/c1-18-12-14-21(15-13-18)29(27,28)25-17-16-22(19-8-4-2-5-9-19)23(25)24(26)20-10-6-3-7-11-20/h2-17,22-23H,1H3/t22-,23+/m0/s1. The van der Waals surface area contributed by atoms with Crippen LogP contribution in [-0.4, -0.2) is 24.5 Å². The number of carbonyl (C=O) groups excluding carboxylic acids is 1. The lowest BCUT2D eigenvalue weighted by molar-refractivity contribution is 0.0915. The molecule has 0 spiro atoms. The van der Waals surface area contributed by atoms with E-state index in [2.05, 4.69) is 0 Å². The van der Waals surface area contributed by atoms with Crippen molar-refractivity contribution in [3.63, 3.8) is 0 Å². The second-order valence-corrected chi connectivity index (χ2v) is 8.94. The molecular formula is C24H21NO3S. The van der Waals surface area contributed by atoms with Crippen LogP contribution >= 0.6 is 0 Å². The number of nitrogens with zero attached hydrogens (tertiary/aromatic N) is 1. The number of aryl methyl sites for hydroxylation is 1. The molecule has 0 saturated heterocycles. The van der Waals surface area contributed by atoms with Crippen molar-refractivity contribution in [3.05, 3.63) is 114 Å². The first-order chi connectivity index (χ1) is 14.0. The van der Waals surface area contributed by atoms with Gasteiger partial charge in [-0.05, 0) is 24.6 Å². The van der Waals surface area contributed by atoms with Crippen molar-refractivity contribution in [2.75, 3.05) is 0 Å². The summed E-state index contributed by atoms with van der Waals surface area (Å²) in [5.41, 5.74) is 2.37. The first-order valence-electron chi connectivity index (χ1n) is 9.41. The van der Waals surface area contributed by atoms with Gasteiger partial charge in [0, 0.05) is 17.7 Å². The van der Waals surface area contributed by atoms with Crippen LogP contribution in [0, 0.1) is 6.92 Å². The largest absolute Gasteiger partial charge is 0.292 e. The Kier molecular flexibility index (Phi) is 5.07. The third kappa shape index (κ3) is 3.61. The van der Waals surface area contributed by atoms with Gasteiger partial charge in [0.15, 0.2) is 5.78 Å². The van der Waals surface area contributed by atoms with E-state index in [0.29, 0.717) is 5.56 Å². The maximum atomic E-state index is 13.4. The van der Waals surface area contributed by atoms with Crippen molar-refractivity contribution in [3.8, 4) is 0 Å². The van der Waals surface area contributed by atoms with Crippen LogP contribution in [0.5, 0.6) is 0 Å². The third-order valence-electron chi connectivity index (χ3n) is 5.16. The van der Waals surface area contributed by atoms with Crippen molar-refractivity contribution in [2.24, 2.45) is 0 Å². The molecule has 0 aromatic heterocycles. The second-order valence-electron chi connectivity index (χ2n) is 7.10. The zero-order valence-electron chi connectivity index (χ0n) is 16.0. The number of hydrogen-bond acceptors (Lipinski definition) is 3. The Balaban J connectivity index is 1.79. The highest BCUT2D eigenvalue weighted by Crippen LogP contribution is 2.36. The minimum Gasteiger partial charge on any atom is -0.292 e. The fourth-order valence-corrected chi connectivity index (χ4v) is 5.10. The predicted octanol–water partition coefficient (Wildman–Crippen LogP) is 4.55. The number of carbonyl (C=O) groups is 1. The molecule has 1 heterocycles. The fourth-order valence-electron chi connectivity index (χ4n) is 3.62. The highest BCUT2D eigenvalue weighted by molar-refractivity contribution is 7.89. The van der Waals surface area contributed by atoms with Gasteiger partial charge >= 0.3 is 0 Å². The van der Waals surface area contributed by atoms with Crippen LogP contribution < -0.4 is 0 Å². The Bertz CT molecular complexity index is 1140. The molecule has 2 atom stereocenters. The fraction of sp³-hybridized carbons (Fsp3) is 0.125. The SMILES string of the molecule is Cc1ccc(S(=O)(=O)N2C=C[C@@H](c3ccccc3)[C@@H]2C(=O)c2ccccc2)cc1. The van der Waals surface area contributed by atoms with Gasteiger partial charge in [-0.2, -0.15) is 0 Å². The molecule has 146 valence electrons. The Morgan fingerprint density at radius 2 is 1.41 bits per heavy atom. The smallest absolute Gasteiger partial charge is 0.264 e. The van der Waals surface area contributed by atoms with E-state index in [-0.39, 0.29) is 16.6 Å². The van der Waals surface area contributed by atoms with Crippen LogP contribution in [0.2, 0.25) is 0 Å². The number of benzene rings is 3. The molecule has 4 nitrogen and oxygen atoms in total.